The summed E-state index contributed by atoms with van der Waals surface area (Å²) < 4.78 is 66.4. The number of carbonyl (C=O) groups is 1. The smallest absolute Gasteiger partial charge is 0.270 e. The summed E-state index contributed by atoms with van der Waals surface area (Å²) in [4.78, 5) is 21.0. The molecule has 3 heterocycles. The number of aromatic nitrogens is 2. The van der Waals surface area contributed by atoms with Crippen LogP contribution in [-0.2, 0) is 10.0 Å². The predicted molar refractivity (Wildman–Crippen MR) is 110 cm³/mol. The summed E-state index contributed by atoms with van der Waals surface area (Å²) in [6.07, 6.45) is 0.987. The highest BCUT2D eigenvalue weighted by Crippen LogP contribution is 2.31. The number of hydrogen-bond donors (Lipinski definition) is 2. The zero-order chi connectivity index (χ0) is 23.1. The molecule has 1 saturated heterocycles. The number of amides is 1. The van der Waals surface area contributed by atoms with Crippen molar-refractivity contribution in [3.05, 3.63) is 54.0 Å². The van der Waals surface area contributed by atoms with Crippen LogP contribution in [0.25, 0.3) is 22.2 Å². The standard InChI is InChI=1S/C20H18F3N5O3S/c21-17-13-4-1-2-5-14(13)26-18(12-6-8-25-15(10-12)32(24,30)31)16(17)19(29)27-28-9-3-7-20(22,23)11-28/h1-2,4-6,8,10H,3,7,9,11H2,(H,27,29)(H2,24,30,31). The fourth-order valence-electron chi connectivity index (χ4n) is 3.56. The molecule has 0 unspecified atom stereocenters. The average molecular weight is 465 g/mol. The van der Waals surface area contributed by atoms with Gasteiger partial charge in [0.2, 0.25) is 0 Å². The number of primary sulfonamides is 1. The lowest BCUT2D eigenvalue weighted by Crippen LogP contribution is -2.51. The first-order valence-electron chi connectivity index (χ1n) is 9.56. The number of rotatable bonds is 4. The topological polar surface area (TPSA) is 118 Å². The molecule has 0 aliphatic carbocycles. The minimum atomic E-state index is -4.18. The quantitative estimate of drug-likeness (QED) is 0.611. The summed E-state index contributed by atoms with van der Waals surface area (Å²) in [5.74, 6) is -4.88. The lowest BCUT2D eigenvalue weighted by Gasteiger charge is -2.32. The van der Waals surface area contributed by atoms with Gasteiger partial charge in [-0.2, -0.15) is 0 Å². The van der Waals surface area contributed by atoms with Crippen molar-refractivity contribution < 1.29 is 26.4 Å². The number of benzene rings is 1. The monoisotopic (exact) mass is 465 g/mol. The summed E-state index contributed by atoms with van der Waals surface area (Å²) in [6, 6.07) is 8.54. The van der Waals surface area contributed by atoms with Crippen LogP contribution in [0.2, 0.25) is 0 Å². The average Bonchev–Trinajstić information content (AvgIpc) is 2.72. The minimum absolute atomic E-state index is 0.0473. The van der Waals surface area contributed by atoms with Crippen molar-refractivity contribution in [3.63, 3.8) is 0 Å². The normalized spacial score (nSPS) is 16.8. The molecule has 1 amide bonds. The zero-order valence-electron chi connectivity index (χ0n) is 16.6. The molecule has 1 aliphatic rings. The highest BCUT2D eigenvalue weighted by molar-refractivity contribution is 7.89. The summed E-state index contributed by atoms with van der Waals surface area (Å²) in [7, 11) is -4.18. The van der Waals surface area contributed by atoms with E-state index in [-0.39, 0.29) is 41.5 Å². The molecule has 3 N–H and O–H groups in total. The number of alkyl halides is 2. The van der Waals surface area contributed by atoms with Crippen molar-refractivity contribution >= 4 is 26.8 Å². The van der Waals surface area contributed by atoms with Gasteiger partial charge in [-0.1, -0.05) is 12.1 Å². The number of para-hydroxylation sites is 1. The third-order valence-electron chi connectivity index (χ3n) is 5.01. The van der Waals surface area contributed by atoms with Crippen molar-refractivity contribution in [2.75, 3.05) is 13.1 Å². The Kier molecular flexibility index (Phi) is 5.61. The molecule has 0 radical (unpaired) electrons. The van der Waals surface area contributed by atoms with Crippen molar-refractivity contribution in [1.82, 2.24) is 20.4 Å². The maximum Gasteiger partial charge on any atom is 0.270 e. The molecule has 32 heavy (non-hydrogen) atoms. The number of carbonyl (C=O) groups excluding carboxylic acids is 1. The van der Waals surface area contributed by atoms with Gasteiger partial charge in [-0.3, -0.25) is 10.2 Å². The highest BCUT2D eigenvalue weighted by Gasteiger charge is 2.36. The van der Waals surface area contributed by atoms with E-state index in [0.29, 0.717) is 0 Å². The van der Waals surface area contributed by atoms with Gasteiger partial charge in [0.25, 0.3) is 21.9 Å². The van der Waals surface area contributed by atoms with E-state index in [9.17, 15) is 22.0 Å². The number of sulfonamides is 1. The van der Waals surface area contributed by atoms with E-state index in [1.54, 1.807) is 12.1 Å². The van der Waals surface area contributed by atoms with Crippen LogP contribution >= 0.6 is 0 Å². The first-order valence-corrected chi connectivity index (χ1v) is 11.1. The van der Waals surface area contributed by atoms with Crippen LogP contribution in [0.15, 0.2) is 47.6 Å². The van der Waals surface area contributed by atoms with E-state index in [2.05, 4.69) is 15.4 Å². The van der Waals surface area contributed by atoms with Crippen LogP contribution in [0.1, 0.15) is 23.2 Å². The summed E-state index contributed by atoms with van der Waals surface area (Å²) in [5.41, 5.74) is 1.94. The number of nitrogens with one attached hydrogen (secondary N) is 1. The number of hydrogen-bond acceptors (Lipinski definition) is 6. The van der Waals surface area contributed by atoms with E-state index in [4.69, 9.17) is 5.14 Å². The van der Waals surface area contributed by atoms with Crippen molar-refractivity contribution in [2.24, 2.45) is 5.14 Å². The first-order chi connectivity index (χ1) is 15.0. The number of hydrazine groups is 1. The van der Waals surface area contributed by atoms with Gasteiger partial charge in [-0.15, -0.1) is 0 Å². The van der Waals surface area contributed by atoms with Crippen LogP contribution in [0.3, 0.4) is 0 Å². The van der Waals surface area contributed by atoms with Gasteiger partial charge >= 0.3 is 0 Å². The van der Waals surface area contributed by atoms with Crippen LogP contribution in [-0.4, -0.2) is 48.3 Å². The van der Waals surface area contributed by atoms with Crippen LogP contribution in [0, 0.1) is 5.82 Å². The van der Waals surface area contributed by atoms with E-state index in [1.165, 1.54) is 18.2 Å². The number of pyridine rings is 2. The molecule has 1 aromatic carbocycles. The Bertz CT molecular complexity index is 1320. The fraction of sp³-hybridized carbons (Fsp3) is 0.250. The second-order valence-corrected chi connectivity index (χ2v) is 8.92. The zero-order valence-corrected chi connectivity index (χ0v) is 17.4. The fourth-order valence-corrected chi connectivity index (χ4v) is 4.06. The van der Waals surface area contributed by atoms with Gasteiger partial charge in [-0.25, -0.2) is 41.7 Å². The van der Waals surface area contributed by atoms with Crippen molar-refractivity contribution in [1.29, 1.82) is 0 Å². The maximum atomic E-state index is 15.5. The van der Waals surface area contributed by atoms with Crippen LogP contribution < -0.4 is 10.6 Å². The maximum absolute atomic E-state index is 15.5. The lowest BCUT2D eigenvalue weighted by molar-refractivity contribution is -0.0744. The molecule has 1 aliphatic heterocycles. The molecule has 4 rings (SSSR count). The summed E-state index contributed by atoms with van der Waals surface area (Å²) in [6.45, 7) is -0.536. The van der Waals surface area contributed by atoms with Crippen LogP contribution in [0.4, 0.5) is 13.2 Å². The molecule has 1 fully saturated rings. The number of nitrogens with two attached hydrogens (primary N) is 1. The number of halogens is 3. The van der Waals surface area contributed by atoms with Gasteiger partial charge in [0, 0.05) is 30.1 Å². The molecule has 0 saturated carbocycles. The Morgan fingerprint density at radius 3 is 2.69 bits per heavy atom. The SMILES string of the molecule is NS(=O)(=O)c1cc(-c2nc3ccccc3c(F)c2C(=O)NN2CCCC(F)(F)C2)ccn1. The molecule has 12 heteroatoms. The lowest BCUT2D eigenvalue weighted by atomic mass is 10.0. The van der Waals surface area contributed by atoms with Crippen molar-refractivity contribution in [2.45, 2.75) is 23.8 Å². The van der Waals surface area contributed by atoms with E-state index < -0.39 is 44.8 Å². The molecule has 0 bridgehead atoms. The third-order valence-corrected chi connectivity index (χ3v) is 5.81. The van der Waals surface area contributed by atoms with Gasteiger partial charge in [-0.05, 0) is 30.7 Å². The molecular weight excluding hydrogens is 447 g/mol. The molecule has 168 valence electrons. The summed E-state index contributed by atoms with van der Waals surface area (Å²) >= 11 is 0. The Hall–Kier alpha value is -3.09. The second kappa shape index (κ2) is 8.11. The van der Waals surface area contributed by atoms with E-state index in [0.717, 1.165) is 17.3 Å². The largest absolute Gasteiger partial charge is 0.284 e. The first kappa shape index (κ1) is 22.1. The Balaban J connectivity index is 1.84. The van der Waals surface area contributed by atoms with E-state index >= 15 is 4.39 Å². The molecule has 3 aromatic rings. The Morgan fingerprint density at radius 2 is 1.97 bits per heavy atom. The molecule has 0 spiro atoms. The Morgan fingerprint density at radius 1 is 1.22 bits per heavy atom. The third kappa shape index (κ3) is 4.42. The van der Waals surface area contributed by atoms with E-state index in [1.807, 2.05) is 0 Å². The van der Waals surface area contributed by atoms with Crippen molar-refractivity contribution in [3.8, 4) is 11.3 Å². The molecule has 2 aromatic heterocycles. The molecule has 8 nitrogen and oxygen atoms in total. The predicted octanol–water partition coefficient (Wildman–Crippen LogP) is 2.46. The van der Waals surface area contributed by atoms with Gasteiger partial charge in [0.15, 0.2) is 5.03 Å². The number of nitrogens with zero attached hydrogens (tertiary/aromatic N) is 3. The highest BCUT2D eigenvalue weighted by atomic mass is 32.2. The van der Waals surface area contributed by atoms with Gasteiger partial charge in [0.05, 0.1) is 17.8 Å². The van der Waals surface area contributed by atoms with Gasteiger partial charge < -0.3 is 0 Å². The van der Waals surface area contributed by atoms with Crippen LogP contribution in [0.5, 0.6) is 0 Å². The minimum Gasteiger partial charge on any atom is -0.284 e. The van der Waals surface area contributed by atoms with Gasteiger partial charge in [0.1, 0.15) is 11.4 Å². The second-order valence-electron chi connectivity index (χ2n) is 7.42. The summed E-state index contributed by atoms with van der Waals surface area (Å²) in [5, 5.41) is 5.72. The molecule has 0 atom stereocenters. The number of fused-ring (bicyclic) bond motifs is 1. The Labute approximate surface area is 181 Å². The number of piperidine rings is 1. The molecular formula is C20H18F3N5O3S.